The average molecular weight is 324 g/mol. The van der Waals surface area contributed by atoms with E-state index in [1.54, 1.807) is 19.9 Å². The predicted molar refractivity (Wildman–Crippen MR) is 72.0 cm³/mol. The second-order valence-corrected chi connectivity index (χ2v) is 5.08. The zero-order valence-electron chi connectivity index (χ0n) is 10.2. The molecule has 0 spiro atoms. The summed E-state index contributed by atoms with van der Waals surface area (Å²) in [4.78, 5) is 36.2. The maximum absolute atomic E-state index is 12.0. The summed E-state index contributed by atoms with van der Waals surface area (Å²) in [6.07, 6.45) is 0. The number of carbonyl (C=O) groups is 3. The summed E-state index contributed by atoms with van der Waals surface area (Å²) in [7, 11) is 0. The molecule has 0 radical (unpaired) electrons. The predicted octanol–water partition coefficient (Wildman–Crippen LogP) is 2.36. The molecule has 0 fully saturated rings. The Morgan fingerprint density at radius 2 is 1.68 bits per heavy atom. The molecule has 1 aliphatic rings. The minimum Gasteiger partial charge on any atom is -0.478 e. The highest BCUT2D eigenvalue weighted by Crippen LogP contribution is 2.31. The number of hydrogen-bond acceptors (Lipinski definition) is 3. The maximum Gasteiger partial charge on any atom is 0.337 e. The van der Waals surface area contributed by atoms with Crippen LogP contribution < -0.4 is 4.90 Å². The number of halogens is 1. The third-order valence-corrected chi connectivity index (χ3v) is 3.53. The van der Waals surface area contributed by atoms with E-state index in [4.69, 9.17) is 0 Å². The van der Waals surface area contributed by atoms with Gasteiger partial charge in [-0.3, -0.25) is 9.59 Å². The number of amides is 2. The van der Waals surface area contributed by atoms with Crippen molar-refractivity contribution in [3.8, 4) is 0 Å². The molecule has 0 saturated heterocycles. The molecule has 0 bridgehead atoms. The summed E-state index contributed by atoms with van der Waals surface area (Å²) in [5.41, 5.74) is 0.661. The molecule has 0 aromatic heterocycles. The van der Waals surface area contributed by atoms with Crippen LogP contribution in [0.1, 0.15) is 24.2 Å². The van der Waals surface area contributed by atoms with E-state index in [0.717, 1.165) is 4.90 Å². The topological polar surface area (TPSA) is 74.7 Å². The van der Waals surface area contributed by atoms with Crippen LogP contribution in [-0.2, 0) is 9.59 Å². The van der Waals surface area contributed by atoms with Crippen LogP contribution in [0, 0.1) is 0 Å². The van der Waals surface area contributed by atoms with Crippen LogP contribution in [0.5, 0.6) is 0 Å². The van der Waals surface area contributed by atoms with E-state index in [1.165, 1.54) is 12.1 Å². The number of carbonyl (C=O) groups excluding carboxylic acids is 2. The number of hydrogen-bond donors (Lipinski definition) is 1. The van der Waals surface area contributed by atoms with Gasteiger partial charge in [0.2, 0.25) is 0 Å². The molecule has 0 unspecified atom stereocenters. The molecule has 1 heterocycles. The third kappa shape index (κ3) is 2.08. The lowest BCUT2D eigenvalue weighted by Gasteiger charge is -2.17. The fraction of sp³-hybridized carbons (Fsp3) is 0.154. The van der Waals surface area contributed by atoms with E-state index < -0.39 is 17.8 Å². The van der Waals surface area contributed by atoms with Crippen LogP contribution in [0.25, 0.3) is 0 Å². The van der Waals surface area contributed by atoms with Crippen molar-refractivity contribution in [2.75, 3.05) is 4.90 Å². The van der Waals surface area contributed by atoms with E-state index in [2.05, 4.69) is 15.9 Å². The van der Waals surface area contributed by atoms with Gasteiger partial charge in [0.25, 0.3) is 11.8 Å². The summed E-state index contributed by atoms with van der Waals surface area (Å²) in [5.74, 6) is -2.15. The van der Waals surface area contributed by atoms with Crippen molar-refractivity contribution < 1.29 is 19.5 Å². The Bertz CT molecular complexity index is 624. The second-order valence-electron chi connectivity index (χ2n) is 4.16. The van der Waals surface area contributed by atoms with Gasteiger partial charge in [-0.2, -0.15) is 0 Å². The molecular weight excluding hydrogens is 314 g/mol. The van der Waals surface area contributed by atoms with Crippen LogP contribution in [0.3, 0.4) is 0 Å². The number of rotatable bonds is 2. The van der Waals surface area contributed by atoms with Crippen molar-refractivity contribution in [2.45, 2.75) is 13.8 Å². The normalized spacial score (nSPS) is 15.4. The molecule has 6 heteroatoms. The smallest absolute Gasteiger partial charge is 0.337 e. The molecule has 2 amide bonds. The Kier molecular flexibility index (Phi) is 3.28. The van der Waals surface area contributed by atoms with Gasteiger partial charge < -0.3 is 5.11 Å². The SMILES string of the molecule is CC1=C(C)C(=O)N(c2ccc(Br)cc2C(=O)O)C1=O. The van der Waals surface area contributed by atoms with Crippen molar-refractivity contribution >= 4 is 39.4 Å². The number of nitrogens with zero attached hydrogens (tertiary/aromatic N) is 1. The van der Waals surface area contributed by atoms with Crippen LogP contribution in [0.2, 0.25) is 0 Å². The van der Waals surface area contributed by atoms with Crippen molar-refractivity contribution in [1.82, 2.24) is 0 Å². The monoisotopic (exact) mass is 323 g/mol. The van der Waals surface area contributed by atoms with Crippen molar-refractivity contribution in [3.63, 3.8) is 0 Å². The first-order valence-electron chi connectivity index (χ1n) is 5.43. The second kappa shape index (κ2) is 4.62. The Hall–Kier alpha value is -1.95. The molecule has 1 aromatic rings. The quantitative estimate of drug-likeness (QED) is 0.848. The molecule has 19 heavy (non-hydrogen) atoms. The molecule has 1 aliphatic heterocycles. The summed E-state index contributed by atoms with van der Waals surface area (Å²) >= 11 is 3.17. The van der Waals surface area contributed by atoms with E-state index in [0.29, 0.717) is 15.6 Å². The van der Waals surface area contributed by atoms with Gasteiger partial charge in [0.15, 0.2) is 0 Å². The van der Waals surface area contributed by atoms with Crippen molar-refractivity contribution in [3.05, 3.63) is 39.4 Å². The highest BCUT2D eigenvalue weighted by atomic mass is 79.9. The lowest BCUT2D eigenvalue weighted by Crippen LogP contribution is -2.32. The van der Waals surface area contributed by atoms with Gasteiger partial charge >= 0.3 is 5.97 Å². The first kappa shape index (κ1) is 13.5. The zero-order chi connectivity index (χ0) is 14.3. The van der Waals surface area contributed by atoms with E-state index in [1.807, 2.05) is 0 Å². The fourth-order valence-electron chi connectivity index (χ4n) is 1.84. The molecule has 0 aliphatic carbocycles. The molecule has 1 N–H and O–H groups in total. The Labute approximate surface area is 117 Å². The number of carboxylic acid groups (broad SMARTS) is 1. The van der Waals surface area contributed by atoms with Crippen LogP contribution in [-0.4, -0.2) is 22.9 Å². The molecular formula is C13H10BrNO4. The van der Waals surface area contributed by atoms with E-state index in [9.17, 15) is 19.5 Å². The number of carboxylic acids is 1. The average Bonchev–Trinajstić information content (AvgIpc) is 2.54. The highest BCUT2D eigenvalue weighted by molar-refractivity contribution is 9.10. The molecule has 1 aromatic carbocycles. The summed E-state index contributed by atoms with van der Waals surface area (Å²) < 4.78 is 0.564. The van der Waals surface area contributed by atoms with Crippen molar-refractivity contribution in [1.29, 1.82) is 0 Å². The largest absolute Gasteiger partial charge is 0.478 e. The van der Waals surface area contributed by atoms with Gasteiger partial charge in [-0.15, -0.1) is 0 Å². The summed E-state index contributed by atoms with van der Waals surface area (Å²) in [6.45, 7) is 3.10. The Morgan fingerprint density at radius 1 is 1.16 bits per heavy atom. The molecule has 5 nitrogen and oxygen atoms in total. The minimum atomic E-state index is -1.20. The lowest BCUT2D eigenvalue weighted by atomic mass is 10.1. The van der Waals surface area contributed by atoms with Crippen LogP contribution >= 0.6 is 15.9 Å². The first-order valence-corrected chi connectivity index (χ1v) is 6.23. The maximum atomic E-state index is 12.0. The van der Waals surface area contributed by atoms with Crippen molar-refractivity contribution in [2.24, 2.45) is 0 Å². The number of anilines is 1. The van der Waals surface area contributed by atoms with Crippen LogP contribution in [0.15, 0.2) is 33.8 Å². The first-order chi connectivity index (χ1) is 8.84. The van der Waals surface area contributed by atoms with E-state index in [-0.39, 0.29) is 11.3 Å². The Morgan fingerprint density at radius 3 is 2.16 bits per heavy atom. The molecule has 2 rings (SSSR count). The highest BCUT2D eigenvalue weighted by Gasteiger charge is 2.36. The Balaban J connectivity index is 2.59. The lowest BCUT2D eigenvalue weighted by molar-refractivity contribution is -0.120. The van der Waals surface area contributed by atoms with Crippen LogP contribution in [0.4, 0.5) is 5.69 Å². The summed E-state index contributed by atoms with van der Waals surface area (Å²) in [5, 5.41) is 9.17. The number of aromatic carboxylic acids is 1. The third-order valence-electron chi connectivity index (χ3n) is 3.04. The van der Waals surface area contributed by atoms with Gasteiger partial charge in [-0.25, -0.2) is 9.69 Å². The summed E-state index contributed by atoms with van der Waals surface area (Å²) in [6, 6.07) is 4.39. The molecule has 98 valence electrons. The number of benzene rings is 1. The zero-order valence-corrected chi connectivity index (χ0v) is 11.8. The number of imide groups is 1. The van der Waals surface area contributed by atoms with Gasteiger partial charge in [0, 0.05) is 15.6 Å². The van der Waals surface area contributed by atoms with Gasteiger partial charge in [-0.05, 0) is 32.0 Å². The molecule has 0 saturated carbocycles. The van der Waals surface area contributed by atoms with E-state index >= 15 is 0 Å². The van der Waals surface area contributed by atoms with Gasteiger partial charge in [-0.1, -0.05) is 15.9 Å². The standard InChI is InChI=1S/C13H10BrNO4/c1-6-7(2)12(17)15(11(6)16)10-4-3-8(14)5-9(10)13(18)19/h3-5H,1-2H3,(H,18,19). The van der Waals surface area contributed by atoms with Gasteiger partial charge in [0.05, 0.1) is 11.3 Å². The molecule has 0 atom stereocenters. The fourth-order valence-corrected chi connectivity index (χ4v) is 2.20. The minimum absolute atomic E-state index is 0.0851. The van der Waals surface area contributed by atoms with Gasteiger partial charge in [0.1, 0.15) is 0 Å².